The van der Waals surface area contributed by atoms with Gasteiger partial charge in [0.2, 0.25) is 5.91 Å². The summed E-state index contributed by atoms with van der Waals surface area (Å²) in [5.74, 6) is 1.42. The Morgan fingerprint density at radius 3 is 2.38 bits per heavy atom. The van der Waals surface area contributed by atoms with Crippen molar-refractivity contribution in [1.82, 2.24) is 15.9 Å². The summed E-state index contributed by atoms with van der Waals surface area (Å²) in [6, 6.07) is 13.0. The minimum Gasteiger partial charge on any atom is -0.293 e. The van der Waals surface area contributed by atoms with Crippen LogP contribution < -0.4 is 16.7 Å². The number of aromatic nitrogens is 1. The number of nitrogens with two attached hydrogens (primary N) is 1. The van der Waals surface area contributed by atoms with Gasteiger partial charge in [-0.15, -0.1) is 12.4 Å². The van der Waals surface area contributed by atoms with Crippen LogP contribution >= 0.6 is 12.4 Å². The fourth-order valence-corrected chi connectivity index (χ4v) is 7.58. The molecular formula is C28H41ClN4O5S. The lowest BCUT2D eigenvalue weighted by Gasteiger charge is -2.35. The van der Waals surface area contributed by atoms with Gasteiger partial charge in [0.15, 0.2) is 14.6 Å². The van der Waals surface area contributed by atoms with E-state index in [0.717, 1.165) is 11.1 Å². The molecule has 0 radical (unpaired) electrons. The van der Waals surface area contributed by atoms with E-state index in [4.69, 9.17) is 5.84 Å². The van der Waals surface area contributed by atoms with Crippen molar-refractivity contribution in [3.05, 3.63) is 71.6 Å². The van der Waals surface area contributed by atoms with Crippen molar-refractivity contribution in [3.8, 4) is 0 Å². The molecule has 9 nitrogen and oxygen atoms in total. The number of hydrogen-bond acceptors (Lipinski definition) is 7. The first-order valence-electron chi connectivity index (χ1n) is 12.8. The van der Waals surface area contributed by atoms with Crippen LogP contribution in [-0.4, -0.2) is 40.9 Å². The van der Waals surface area contributed by atoms with E-state index in [9.17, 15) is 23.2 Å². The first kappa shape index (κ1) is 34.2. The summed E-state index contributed by atoms with van der Waals surface area (Å²) in [6.45, 7) is 7.35. The van der Waals surface area contributed by atoms with Crippen LogP contribution in [0, 0.1) is 18.8 Å². The van der Waals surface area contributed by atoms with E-state index in [-0.39, 0.29) is 37.6 Å². The number of hydroxylamine groups is 1. The van der Waals surface area contributed by atoms with E-state index in [0.29, 0.717) is 12.1 Å². The van der Waals surface area contributed by atoms with Gasteiger partial charge in [-0.3, -0.25) is 25.2 Å². The zero-order chi connectivity index (χ0) is 28.3. The summed E-state index contributed by atoms with van der Waals surface area (Å²) in [4.78, 5) is 30.5. The molecule has 0 spiro atoms. The first-order valence-corrected chi connectivity index (χ1v) is 14.5. The van der Waals surface area contributed by atoms with Crippen LogP contribution in [0.15, 0.2) is 54.7 Å². The fraction of sp³-hybridized carbons (Fsp3) is 0.464. The Morgan fingerprint density at radius 1 is 1.18 bits per heavy atom. The Labute approximate surface area is 237 Å². The van der Waals surface area contributed by atoms with E-state index < -0.39 is 44.0 Å². The number of hydrazine groups is 1. The van der Waals surface area contributed by atoms with Crippen LogP contribution in [0.2, 0.25) is 0 Å². The molecule has 216 valence electrons. The molecular weight excluding hydrogens is 540 g/mol. The van der Waals surface area contributed by atoms with Crippen LogP contribution in [-0.2, 0) is 19.4 Å². The third-order valence-electron chi connectivity index (χ3n) is 6.68. The number of pyridine rings is 1. The molecule has 2 amide bonds. The lowest BCUT2D eigenvalue weighted by atomic mass is 9.86. The Morgan fingerprint density at radius 2 is 1.85 bits per heavy atom. The predicted molar refractivity (Wildman–Crippen MR) is 156 cm³/mol. The van der Waals surface area contributed by atoms with Crippen molar-refractivity contribution in [3.63, 3.8) is 0 Å². The molecule has 0 aliphatic rings. The molecule has 2 rings (SSSR count). The number of benzene rings is 1. The summed E-state index contributed by atoms with van der Waals surface area (Å²) in [5, 5.41) is 9.59. The molecule has 0 saturated carbocycles. The minimum atomic E-state index is -4.19. The molecule has 1 aromatic heterocycles. The smallest absolute Gasteiger partial charge is 0.255 e. The van der Waals surface area contributed by atoms with Crippen molar-refractivity contribution in [2.45, 2.75) is 64.0 Å². The highest BCUT2D eigenvalue weighted by molar-refractivity contribution is 7.93. The maximum Gasteiger partial charge on any atom is 0.255 e. The number of amides is 2. The standard InChI is InChI=1S/C28H40N4O5S.ClH/c1-5-15-28(18-20(2)3,27(34)31-29)38(36,37)19-24(25-17-21(4)14-16-30-25)23(26(33)32-35)13-9-12-22-10-7-6-8-11-22;/h6-12,14,16-17,20,23-24,35H,5,13,15,18-19,29H2,1-4H3,(H,31,34)(H,32,33);1H/b12-9+;/t23-,24+,28?;/m0./s1. The third-order valence-corrected chi connectivity index (χ3v) is 9.22. The second-order valence-electron chi connectivity index (χ2n) is 10.1. The van der Waals surface area contributed by atoms with Gasteiger partial charge in [-0.25, -0.2) is 19.7 Å². The molecule has 0 fully saturated rings. The second kappa shape index (κ2) is 15.7. The number of rotatable bonds is 14. The second-order valence-corrected chi connectivity index (χ2v) is 12.4. The Bertz CT molecular complexity index is 1210. The van der Waals surface area contributed by atoms with E-state index in [1.165, 1.54) is 0 Å². The number of carbonyl (C=O) groups excluding carboxylic acids is 2. The number of halogens is 1. The number of aryl methyl sites for hydroxylation is 1. The predicted octanol–water partition coefficient (Wildman–Crippen LogP) is 4.11. The van der Waals surface area contributed by atoms with E-state index in [1.54, 1.807) is 29.9 Å². The van der Waals surface area contributed by atoms with Gasteiger partial charge in [-0.1, -0.05) is 69.7 Å². The summed E-state index contributed by atoms with van der Waals surface area (Å²) in [7, 11) is -4.19. The number of allylic oxidation sites excluding steroid dienone is 1. The molecule has 2 aromatic rings. The molecule has 0 aliphatic heterocycles. The molecule has 1 unspecified atom stereocenters. The van der Waals surface area contributed by atoms with Crippen LogP contribution in [0.25, 0.3) is 6.08 Å². The number of nitrogens with zero attached hydrogens (tertiary/aromatic N) is 1. The topological polar surface area (TPSA) is 151 Å². The van der Waals surface area contributed by atoms with Gasteiger partial charge in [0.1, 0.15) is 0 Å². The van der Waals surface area contributed by atoms with Crippen LogP contribution in [0.5, 0.6) is 0 Å². The zero-order valence-electron chi connectivity index (χ0n) is 23.0. The van der Waals surface area contributed by atoms with Gasteiger partial charge < -0.3 is 0 Å². The number of sulfone groups is 1. The average molecular weight is 581 g/mol. The number of nitrogens with one attached hydrogen (secondary N) is 2. The van der Waals surface area contributed by atoms with Crippen molar-refractivity contribution >= 4 is 40.1 Å². The molecule has 1 heterocycles. The van der Waals surface area contributed by atoms with Crippen LogP contribution in [0.3, 0.4) is 0 Å². The molecule has 0 bridgehead atoms. The quantitative estimate of drug-likeness (QED) is 0.114. The third kappa shape index (κ3) is 8.86. The maximum absolute atomic E-state index is 14.2. The van der Waals surface area contributed by atoms with E-state index >= 15 is 0 Å². The highest BCUT2D eigenvalue weighted by Crippen LogP contribution is 2.38. The van der Waals surface area contributed by atoms with Gasteiger partial charge in [0, 0.05) is 17.8 Å². The maximum atomic E-state index is 14.2. The highest BCUT2D eigenvalue weighted by Gasteiger charge is 2.51. The Balaban J connectivity index is 0.00000760. The normalized spacial score (nSPS) is 14.7. The molecule has 11 heteroatoms. The zero-order valence-corrected chi connectivity index (χ0v) is 24.6. The SMILES string of the molecule is CCCC(CC(C)C)(C(=O)NN)S(=O)(=O)C[C@@H](c1cc(C)ccn1)[C@H](C/C=C/c1ccccc1)C(=O)NO.Cl. The summed E-state index contributed by atoms with van der Waals surface area (Å²) < 4.78 is 26.6. The number of hydrogen-bond donors (Lipinski definition) is 4. The van der Waals surface area contributed by atoms with E-state index in [1.807, 2.05) is 64.1 Å². The summed E-state index contributed by atoms with van der Waals surface area (Å²) >= 11 is 0. The van der Waals surface area contributed by atoms with Gasteiger partial charge in [0.25, 0.3) is 5.91 Å². The van der Waals surface area contributed by atoms with Crippen LogP contribution in [0.1, 0.15) is 69.2 Å². The molecule has 0 aliphatic carbocycles. The fourth-order valence-electron chi connectivity index (χ4n) is 4.94. The van der Waals surface area contributed by atoms with Gasteiger partial charge in [-0.05, 0) is 55.4 Å². The lowest BCUT2D eigenvalue weighted by Crippen LogP contribution is -2.56. The average Bonchev–Trinajstić information content (AvgIpc) is 2.89. The molecule has 39 heavy (non-hydrogen) atoms. The minimum absolute atomic E-state index is 0. The first-order chi connectivity index (χ1) is 18.0. The molecule has 1 aromatic carbocycles. The van der Waals surface area contributed by atoms with Gasteiger partial charge in [0.05, 0.1) is 11.7 Å². The van der Waals surface area contributed by atoms with Gasteiger partial charge >= 0.3 is 0 Å². The van der Waals surface area contributed by atoms with Crippen LogP contribution in [0.4, 0.5) is 0 Å². The van der Waals surface area contributed by atoms with E-state index in [2.05, 4.69) is 10.4 Å². The molecule has 5 N–H and O–H groups in total. The molecule has 0 saturated heterocycles. The van der Waals surface area contributed by atoms with Crippen molar-refractivity contribution in [2.75, 3.05) is 5.75 Å². The Hall–Kier alpha value is -2.79. The monoisotopic (exact) mass is 580 g/mol. The van der Waals surface area contributed by atoms with Crippen molar-refractivity contribution < 1.29 is 23.2 Å². The number of carbonyl (C=O) groups is 2. The highest BCUT2D eigenvalue weighted by atomic mass is 35.5. The summed E-state index contributed by atoms with van der Waals surface area (Å²) in [5.41, 5.74) is 5.91. The van der Waals surface area contributed by atoms with Crippen molar-refractivity contribution in [2.24, 2.45) is 17.7 Å². The summed E-state index contributed by atoms with van der Waals surface area (Å²) in [6.07, 6.45) is 5.87. The lowest BCUT2D eigenvalue weighted by molar-refractivity contribution is -0.133. The van der Waals surface area contributed by atoms with Crippen molar-refractivity contribution in [1.29, 1.82) is 0 Å². The molecule has 3 atom stereocenters. The largest absolute Gasteiger partial charge is 0.293 e. The van der Waals surface area contributed by atoms with Gasteiger partial charge in [-0.2, -0.15) is 0 Å². The Kier molecular flexibility index (Phi) is 13.8.